The normalized spacial score (nSPS) is 12.2. The van der Waals surface area contributed by atoms with Gasteiger partial charge in [0.05, 0.1) is 12.5 Å². The molecule has 0 saturated heterocycles. The Morgan fingerprint density at radius 1 is 0.815 bits per heavy atom. The van der Waals surface area contributed by atoms with Crippen LogP contribution >= 0.6 is 0 Å². The van der Waals surface area contributed by atoms with Crippen molar-refractivity contribution in [3.63, 3.8) is 0 Å². The average Bonchev–Trinajstić information content (AvgIpc) is 2.66. The molecule has 1 N–H and O–H groups in total. The first-order valence-electron chi connectivity index (χ1n) is 9.35. The van der Waals surface area contributed by atoms with Crippen LogP contribution in [-0.4, -0.2) is 17.5 Å². The van der Waals surface area contributed by atoms with Crippen molar-refractivity contribution >= 4 is 5.78 Å². The van der Waals surface area contributed by atoms with Gasteiger partial charge in [-0.1, -0.05) is 78.4 Å². The standard InChI is InChI=1S/C25H26O2/c1-17-14-18(2)23(19(3)15-17)25(27)22(16-26)24(20-10-6-4-7-11-20)21-12-8-5-9-13-21/h4-15,22,24,26H,16H2,1-3H3/t22-/m1/s1. The molecule has 0 fully saturated rings. The molecule has 2 nitrogen and oxygen atoms in total. The summed E-state index contributed by atoms with van der Waals surface area (Å²) in [4.78, 5) is 13.6. The summed E-state index contributed by atoms with van der Waals surface area (Å²) in [5.74, 6) is -0.717. The van der Waals surface area contributed by atoms with Crippen molar-refractivity contribution in [3.8, 4) is 0 Å². The van der Waals surface area contributed by atoms with Crippen LogP contribution in [0.2, 0.25) is 0 Å². The van der Waals surface area contributed by atoms with Crippen molar-refractivity contribution in [2.24, 2.45) is 5.92 Å². The third-order valence-electron chi connectivity index (χ3n) is 5.18. The second-order valence-corrected chi connectivity index (χ2v) is 7.23. The molecular weight excluding hydrogens is 332 g/mol. The molecule has 0 unspecified atom stereocenters. The van der Waals surface area contributed by atoms with Gasteiger partial charge in [0.25, 0.3) is 0 Å². The summed E-state index contributed by atoms with van der Waals surface area (Å²) in [6, 6.07) is 24.0. The lowest BCUT2D eigenvalue weighted by molar-refractivity contribution is 0.0841. The number of aliphatic hydroxyl groups is 1. The van der Waals surface area contributed by atoms with E-state index in [9.17, 15) is 9.90 Å². The van der Waals surface area contributed by atoms with Gasteiger partial charge < -0.3 is 5.11 Å². The molecule has 3 aromatic rings. The van der Waals surface area contributed by atoms with Gasteiger partial charge in [-0.3, -0.25) is 4.79 Å². The number of benzene rings is 3. The molecule has 0 aliphatic heterocycles. The second-order valence-electron chi connectivity index (χ2n) is 7.23. The van der Waals surface area contributed by atoms with E-state index in [4.69, 9.17) is 0 Å². The van der Waals surface area contributed by atoms with Crippen molar-refractivity contribution in [2.75, 3.05) is 6.61 Å². The number of hydrogen-bond acceptors (Lipinski definition) is 2. The SMILES string of the molecule is Cc1cc(C)c(C(=O)[C@H](CO)C(c2ccccc2)c2ccccc2)c(C)c1. The van der Waals surface area contributed by atoms with E-state index in [1.807, 2.05) is 93.6 Å². The summed E-state index contributed by atoms with van der Waals surface area (Å²) in [6.45, 7) is 5.79. The number of ketones is 1. The summed E-state index contributed by atoms with van der Waals surface area (Å²) in [5, 5.41) is 10.3. The predicted molar refractivity (Wildman–Crippen MR) is 110 cm³/mol. The number of carbonyl (C=O) groups is 1. The van der Waals surface area contributed by atoms with Crippen LogP contribution in [0.1, 0.15) is 44.1 Å². The molecule has 27 heavy (non-hydrogen) atoms. The highest BCUT2D eigenvalue weighted by atomic mass is 16.3. The van der Waals surface area contributed by atoms with Crippen molar-refractivity contribution in [1.29, 1.82) is 0 Å². The second kappa shape index (κ2) is 8.32. The summed E-state index contributed by atoms with van der Waals surface area (Å²) in [7, 11) is 0. The van der Waals surface area contributed by atoms with E-state index in [-0.39, 0.29) is 18.3 Å². The van der Waals surface area contributed by atoms with Crippen molar-refractivity contribution < 1.29 is 9.90 Å². The Kier molecular flexibility index (Phi) is 5.88. The Bertz CT molecular complexity index is 851. The molecule has 0 amide bonds. The molecule has 0 bridgehead atoms. The zero-order chi connectivity index (χ0) is 19.4. The van der Waals surface area contributed by atoms with Crippen LogP contribution in [-0.2, 0) is 0 Å². The minimum absolute atomic E-state index is 0.00482. The van der Waals surface area contributed by atoms with E-state index in [0.717, 1.165) is 33.4 Å². The zero-order valence-electron chi connectivity index (χ0n) is 16.1. The molecule has 2 heteroatoms. The Balaban J connectivity index is 2.11. The first kappa shape index (κ1) is 19.1. The fourth-order valence-corrected chi connectivity index (χ4v) is 4.07. The lowest BCUT2D eigenvalue weighted by Crippen LogP contribution is -2.28. The first-order chi connectivity index (χ1) is 13.0. The van der Waals surface area contributed by atoms with Crippen LogP contribution in [0.25, 0.3) is 0 Å². The van der Waals surface area contributed by atoms with Crippen LogP contribution in [0.5, 0.6) is 0 Å². The molecule has 3 aromatic carbocycles. The summed E-state index contributed by atoms with van der Waals surface area (Å²) < 4.78 is 0. The van der Waals surface area contributed by atoms with Gasteiger partial charge in [-0.25, -0.2) is 0 Å². The van der Waals surface area contributed by atoms with Crippen LogP contribution < -0.4 is 0 Å². The van der Waals surface area contributed by atoms with Gasteiger partial charge in [-0.2, -0.15) is 0 Å². The third-order valence-corrected chi connectivity index (χ3v) is 5.18. The molecular formula is C25H26O2. The highest BCUT2D eigenvalue weighted by Crippen LogP contribution is 2.35. The first-order valence-corrected chi connectivity index (χ1v) is 9.35. The van der Waals surface area contributed by atoms with Crippen LogP contribution in [0.4, 0.5) is 0 Å². The van der Waals surface area contributed by atoms with E-state index < -0.39 is 5.92 Å². The topological polar surface area (TPSA) is 37.3 Å². The molecule has 0 aliphatic rings. The van der Waals surface area contributed by atoms with Gasteiger partial charge in [-0.05, 0) is 43.0 Å². The lowest BCUT2D eigenvalue weighted by Gasteiger charge is -2.27. The van der Waals surface area contributed by atoms with Gasteiger partial charge >= 0.3 is 0 Å². The zero-order valence-corrected chi connectivity index (χ0v) is 16.1. The van der Waals surface area contributed by atoms with Gasteiger partial charge in [-0.15, -0.1) is 0 Å². The molecule has 138 valence electrons. The Morgan fingerprint density at radius 3 is 1.67 bits per heavy atom. The van der Waals surface area contributed by atoms with Gasteiger partial charge in [0.15, 0.2) is 5.78 Å². The van der Waals surface area contributed by atoms with Gasteiger partial charge in [0, 0.05) is 11.5 Å². The number of aryl methyl sites for hydroxylation is 3. The summed E-state index contributed by atoms with van der Waals surface area (Å²) in [5.41, 5.74) is 5.89. The lowest BCUT2D eigenvalue weighted by atomic mass is 9.76. The molecule has 0 aliphatic carbocycles. The van der Waals surface area contributed by atoms with E-state index in [1.165, 1.54) is 0 Å². The summed E-state index contributed by atoms with van der Waals surface area (Å²) >= 11 is 0. The number of hydrogen-bond donors (Lipinski definition) is 1. The number of Topliss-reactive ketones (excluding diaryl/α,β-unsaturated/α-hetero) is 1. The number of carbonyl (C=O) groups excluding carboxylic acids is 1. The minimum atomic E-state index is -0.532. The maximum absolute atomic E-state index is 13.6. The molecule has 1 atom stereocenters. The minimum Gasteiger partial charge on any atom is -0.396 e. The van der Waals surface area contributed by atoms with Crippen LogP contribution in [0, 0.1) is 26.7 Å². The van der Waals surface area contributed by atoms with Crippen molar-refractivity contribution in [1.82, 2.24) is 0 Å². The largest absolute Gasteiger partial charge is 0.396 e. The van der Waals surface area contributed by atoms with Gasteiger partial charge in [0.1, 0.15) is 0 Å². The molecule has 0 radical (unpaired) electrons. The third kappa shape index (κ3) is 4.01. The van der Waals surface area contributed by atoms with Crippen LogP contribution in [0.15, 0.2) is 72.8 Å². The summed E-state index contributed by atoms with van der Waals surface area (Å²) in [6.07, 6.45) is 0. The maximum Gasteiger partial charge on any atom is 0.169 e. The van der Waals surface area contributed by atoms with E-state index >= 15 is 0 Å². The van der Waals surface area contributed by atoms with Crippen LogP contribution in [0.3, 0.4) is 0 Å². The molecule has 0 saturated carbocycles. The van der Waals surface area contributed by atoms with Crippen molar-refractivity contribution in [3.05, 3.63) is 106 Å². The molecule has 0 aromatic heterocycles. The maximum atomic E-state index is 13.6. The van der Waals surface area contributed by atoms with Gasteiger partial charge in [0.2, 0.25) is 0 Å². The smallest absolute Gasteiger partial charge is 0.169 e. The van der Waals surface area contributed by atoms with E-state index in [1.54, 1.807) is 0 Å². The molecule has 3 rings (SSSR count). The highest BCUT2D eigenvalue weighted by Gasteiger charge is 2.32. The van der Waals surface area contributed by atoms with Crippen molar-refractivity contribution in [2.45, 2.75) is 26.7 Å². The fraction of sp³-hybridized carbons (Fsp3) is 0.240. The monoisotopic (exact) mass is 358 g/mol. The number of aliphatic hydroxyl groups excluding tert-OH is 1. The van der Waals surface area contributed by atoms with E-state index in [0.29, 0.717) is 0 Å². The van der Waals surface area contributed by atoms with E-state index in [2.05, 4.69) is 0 Å². The quantitative estimate of drug-likeness (QED) is 0.612. The molecule has 0 heterocycles. The fourth-order valence-electron chi connectivity index (χ4n) is 4.07. The predicted octanol–water partition coefficient (Wildman–Crippen LogP) is 5.24. The Hall–Kier alpha value is -2.71. The number of rotatable bonds is 6. The highest BCUT2D eigenvalue weighted by molar-refractivity contribution is 6.01. The Labute approximate surface area is 161 Å². The average molecular weight is 358 g/mol. The Morgan fingerprint density at radius 2 is 1.26 bits per heavy atom. The molecule has 0 spiro atoms.